The number of carbonyl (C=O) groups is 1. The lowest BCUT2D eigenvalue weighted by Gasteiger charge is -2.23. The van der Waals surface area contributed by atoms with Crippen LogP contribution in [0.1, 0.15) is 15.9 Å². The molecule has 0 radical (unpaired) electrons. The number of rotatable bonds is 9. The van der Waals surface area contributed by atoms with E-state index in [1.54, 1.807) is 36.3 Å². The number of para-hydroxylation sites is 1. The molecule has 0 aliphatic carbocycles. The number of methoxy groups -OCH3 is 1. The lowest BCUT2D eigenvalue weighted by molar-refractivity contribution is 0.0680. The van der Waals surface area contributed by atoms with Gasteiger partial charge >= 0.3 is 0 Å². The first-order valence-electron chi connectivity index (χ1n) is 9.49. The van der Waals surface area contributed by atoms with Crippen LogP contribution in [-0.2, 0) is 21.3 Å². The van der Waals surface area contributed by atoms with Gasteiger partial charge in [0.1, 0.15) is 0 Å². The van der Waals surface area contributed by atoms with E-state index in [0.717, 1.165) is 5.56 Å². The minimum Gasteiger partial charge on any atom is -0.383 e. The topological polar surface area (TPSA) is 75.7 Å². The van der Waals surface area contributed by atoms with Crippen LogP contribution in [0.25, 0.3) is 0 Å². The van der Waals surface area contributed by atoms with Crippen molar-refractivity contribution < 1.29 is 17.9 Å². The molecule has 3 rings (SSSR count). The van der Waals surface area contributed by atoms with Gasteiger partial charge in [0, 0.05) is 31.5 Å². The third kappa shape index (κ3) is 5.68. The van der Waals surface area contributed by atoms with Crippen molar-refractivity contribution in [2.75, 3.05) is 25.0 Å². The highest BCUT2D eigenvalue weighted by Gasteiger charge is 2.19. The zero-order valence-corrected chi connectivity index (χ0v) is 17.5. The summed E-state index contributed by atoms with van der Waals surface area (Å²) >= 11 is 0. The molecule has 0 aliphatic rings. The Bertz CT molecular complexity index is 1050. The van der Waals surface area contributed by atoms with Gasteiger partial charge in [-0.05, 0) is 42.0 Å². The molecule has 0 unspecified atom stereocenters. The number of benzene rings is 3. The van der Waals surface area contributed by atoms with Crippen LogP contribution in [-0.4, -0.2) is 39.5 Å². The number of anilines is 1. The minimum absolute atomic E-state index is 0.0920. The Kier molecular flexibility index (Phi) is 7.21. The van der Waals surface area contributed by atoms with E-state index in [-0.39, 0.29) is 10.8 Å². The van der Waals surface area contributed by atoms with Crippen molar-refractivity contribution in [3.8, 4) is 0 Å². The van der Waals surface area contributed by atoms with E-state index in [1.807, 2.05) is 36.4 Å². The maximum Gasteiger partial charge on any atom is 0.261 e. The first-order valence-corrected chi connectivity index (χ1v) is 11.0. The van der Waals surface area contributed by atoms with Gasteiger partial charge in [0.2, 0.25) is 0 Å². The van der Waals surface area contributed by atoms with Gasteiger partial charge in [-0.25, -0.2) is 8.42 Å². The summed E-state index contributed by atoms with van der Waals surface area (Å²) in [4.78, 5) is 14.8. The number of carbonyl (C=O) groups excluding carboxylic acids is 1. The fraction of sp³-hybridized carbons (Fsp3) is 0.174. The van der Waals surface area contributed by atoms with Crippen LogP contribution in [0.5, 0.6) is 0 Å². The van der Waals surface area contributed by atoms with Crippen molar-refractivity contribution in [3.05, 3.63) is 96.1 Å². The molecule has 0 saturated heterocycles. The molecule has 0 fully saturated rings. The Morgan fingerprint density at radius 1 is 0.900 bits per heavy atom. The zero-order chi connectivity index (χ0) is 21.4. The summed E-state index contributed by atoms with van der Waals surface area (Å²) < 4.78 is 32.8. The van der Waals surface area contributed by atoms with Gasteiger partial charge in [-0.3, -0.25) is 9.52 Å². The molecule has 6 nitrogen and oxygen atoms in total. The smallest absolute Gasteiger partial charge is 0.261 e. The molecule has 0 saturated carbocycles. The van der Waals surface area contributed by atoms with E-state index < -0.39 is 10.0 Å². The van der Waals surface area contributed by atoms with Crippen LogP contribution in [0.3, 0.4) is 0 Å². The van der Waals surface area contributed by atoms with Crippen molar-refractivity contribution in [1.29, 1.82) is 0 Å². The van der Waals surface area contributed by atoms with Gasteiger partial charge in [-0.2, -0.15) is 0 Å². The Balaban J connectivity index is 1.76. The average molecular weight is 425 g/mol. The number of sulfonamides is 1. The maximum absolute atomic E-state index is 13.0. The first kappa shape index (κ1) is 21.5. The molecule has 3 aromatic carbocycles. The van der Waals surface area contributed by atoms with Crippen LogP contribution < -0.4 is 4.72 Å². The summed E-state index contributed by atoms with van der Waals surface area (Å²) in [6.07, 6.45) is 0. The monoisotopic (exact) mass is 424 g/mol. The largest absolute Gasteiger partial charge is 0.383 e. The first-order chi connectivity index (χ1) is 14.5. The van der Waals surface area contributed by atoms with Crippen molar-refractivity contribution in [2.45, 2.75) is 11.4 Å². The molecule has 30 heavy (non-hydrogen) atoms. The second-order valence-corrected chi connectivity index (χ2v) is 8.38. The Morgan fingerprint density at radius 2 is 1.50 bits per heavy atom. The summed E-state index contributed by atoms with van der Waals surface area (Å²) in [7, 11) is -2.15. The van der Waals surface area contributed by atoms with Crippen LogP contribution >= 0.6 is 0 Å². The van der Waals surface area contributed by atoms with E-state index in [0.29, 0.717) is 30.9 Å². The Morgan fingerprint density at radius 3 is 2.10 bits per heavy atom. The van der Waals surface area contributed by atoms with Crippen molar-refractivity contribution in [2.24, 2.45) is 0 Å². The number of amides is 1. The molecule has 0 aliphatic heterocycles. The second kappa shape index (κ2) is 10.0. The molecule has 0 atom stereocenters. The molecule has 7 heteroatoms. The molecule has 0 spiro atoms. The zero-order valence-electron chi connectivity index (χ0n) is 16.7. The van der Waals surface area contributed by atoms with E-state index in [9.17, 15) is 13.2 Å². The fourth-order valence-corrected chi connectivity index (χ4v) is 4.00. The van der Waals surface area contributed by atoms with Crippen molar-refractivity contribution in [3.63, 3.8) is 0 Å². The Labute approximate surface area is 177 Å². The van der Waals surface area contributed by atoms with Crippen LogP contribution in [0.2, 0.25) is 0 Å². The lowest BCUT2D eigenvalue weighted by atomic mass is 10.1. The molecule has 1 N–H and O–H groups in total. The summed E-state index contributed by atoms with van der Waals surface area (Å²) in [5, 5.41) is 0. The highest BCUT2D eigenvalue weighted by Crippen LogP contribution is 2.18. The molecule has 0 bridgehead atoms. The number of hydrogen-bond acceptors (Lipinski definition) is 4. The highest BCUT2D eigenvalue weighted by atomic mass is 32.2. The molecule has 3 aromatic rings. The SMILES string of the molecule is COCCN(Cc1ccccc1)C(=O)c1ccc(S(=O)(=O)Nc2ccccc2)cc1. The number of ether oxygens (including phenoxy) is 1. The standard InChI is InChI=1S/C23H24N2O4S/c1-29-17-16-25(18-19-8-4-2-5-9-19)23(26)20-12-14-22(15-13-20)30(27,28)24-21-10-6-3-7-11-21/h2-15,24H,16-18H2,1H3. The van der Waals surface area contributed by atoms with Gasteiger partial charge in [-0.15, -0.1) is 0 Å². The molecule has 1 amide bonds. The number of nitrogens with one attached hydrogen (secondary N) is 1. The third-order valence-electron chi connectivity index (χ3n) is 4.51. The van der Waals surface area contributed by atoms with E-state index in [2.05, 4.69) is 4.72 Å². The summed E-state index contributed by atoms with van der Waals surface area (Å²) in [5.41, 5.74) is 1.90. The second-order valence-electron chi connectivity index (χ2n) is 6.70. The summed E-state index contributed by atoms with van der Waals surface area (Å²) in [6, 6.07) is 24.3. The third-order valence-corrected chi connectivity index (χ3v) is 5.90. The van der Waals surface area contributed by atoms with Gasteiger partial charge < -0.3 is 9.64 Å². The van der Waals surface area contributed by atoms with E-state index >= 15 is 0 Å². The molecular weight excluding hydrogens is 400 g/mol. The predicted octanol–water partition coefficient (Wildman–Crippen LogP) is 3.78. The van der Waals surface area contributed by atoms with Crippen molar-refractivity contribution >= 4 is 21.6 Å². The fourth-order valence-electron chi connectivity index (χ4n) is 2.94. The summed E-state index contributed by atoms with van der Waals surface area (Å²) in [5.74, 6) is -0.184. The normalized spacial score (nSPS) is 11.1. The number of hydrogen-bond donors (Lipinski definition) is 1. The average Bonchev–Trinajstić information content (AvgIpc) is 2.77. The van der Waals surface area contributed by atoms with Gasteiger partial charge in [0.05, 0.1) is 11.5 Å². The van der Waals surface area contributed by atoms with Crippen LogP contribution in [0.4, 0.5) is 5.69 Å². The van der Waals surface area contributed by atoms with Gasteiger partial charge in [-0.1, -0.05) is 48.5 Å². The van der Waals surface area contributed by atoms with Crippen LogP contribution in [0, 0.1) is 0 Å². The highest BCUT2D eigenvalue weighted by molar-refractivity contribution is 7.92. The quantitative estimate of drug-likeness (QED) is 0.567. The Hall–Kier alpha value is -3.16. The van der Waals surface area contributed by atoms with Crippen molar-refractivity contribution in [1.82, 2.24) is 4.90 Å². The molecule has 156 valence electrons. The van der Waals surface area contributed by atoms with E-state index in [1.165, 1.54) is 24.3 Å². The van der Waals surface area contributed by atoms with E-state index in [4.69, 9.17) is 4.74 Å². The predicted molar refractivity (Wildman–Crippen MR) is 117 cm³/mol. The lowest BCUT2D eigenvalue weighted by Crippen LogP contribution is -2.33. The summed E-state index contributed by atoms with van der Waals surface area (Å²) in [6.45, 7) is 1.28. The molecular formula is C23H24N2O4S. The molecule has 0 heterocycles. The maximum atomic E-state index is 13.0. The number of nitrogens with zero attached hydrogens (tertiary/aromatic N) is 1. The minimum atomic E-state index is -3.73. The van der Waals surface area contributed by atoms with Gasteiger partial charge in [0.25, 0.3) is 15.9 Å². The van der Waals surface area contributed by atoms with Crippen LogP contribution in [0.15, 0.2) is 89.8 Å². The van der Waals surface area contributed by atoms with Gasteiger partial charge in [0.15, 0.2) is 0 Å². The molecule has 0 aromatic heterocycles.